The zero-order valence-electron chi connectivity index (χ0n) is 29.1. The van der Waals surface area contributed by atoms with Gasteiger partial charge in [0.15, 0.2) is 0 Å². The van der Waals surface area contributed by atoms with Crippen LogP contribution in [-0.2, 0) is 40.1 Å². The molecule has 0 N–H and O–H groups in total. The molecule has 0 saturated heterocycles. The summed E-state index contributed by atoms with van der Waals surface area (Å²) in [6, 6.07) is 25.5. The van der Waals surface area contributed by atoms with Crippen LogP contribution >= 0.6 is 0 Å². The number of carbonyl (C=O) groups excluding carboxylic acids is 1. The molecule has 0 saturated carbocycles. The number of aromatic nitrogens is 3. The summed E-state index contributed by atoms with van der Waals surface area (Å²) in [4.78, 5) is 13.6. The molecule has 49 heavy (non-hydrogen) atoms. The Kier molecular flexibility index (Phi) is 10.4. The monoisotopic (exact) mass is 681 g/mol. The highest BCUT2D eigenvalue weighted by Crippen LogP contribution is 2.34. The zero-order valence-corrected chi connectivity index (χ0v) is 29.9. The van der Waals surface area contributed by atoms with E-state index in [2.05, 4.69) is 19.9 Å². The summed E-state index contributed by atoms with van der Waals surface area (Å²) in [5.74, 6) is 0.270. The van der Waals surface area contributed by atoms with Crippen molar-refractivity contribution >= 4 is 43.5 Å². The lowest BCUT2D eigenvalue weighted by atomic mass is 10.1. The normalized spacial score (nSPS) is 11.8. The Labute approximate surface area is 287 Å². The van der Waals surface area contributed by atoms with Gasteiger partial charge in [0.05, 0.1) is 21.4 Å². The summed E-state index contributed by atoms with van der Waals surface area (Å²) >= 11 is 0. The van der Waals surface area contributed by atoms with E-state index in [9.17, 15) is 17.8 Å². The third-order valence-corrected chi connectivity index (χ3v) is 8.61. The SMILES string of the molecule is CCc1cc2c3c(cc[n+]2nc1CC)c1ccc(OCc2ccccc2)cc1n3C(=O)OC(C)(C)C.Cc1cc(C)cc(CS(=O)(=O)[O-])c1. The lowest BCUT2D eigenvalue weighted by Gasteiger charge is -2.20. The van der Waals surface area contributed by atoms with Gasteiger partial charge in [0.1, 0.15) is 29.2 Å². The van der Waals surface area contributed by atoms with Crippen molar-refractivity contribution in [2.75, 3.05) is 0 Å². The molecule has 256 valence electrons. The number of nitrogens with zero attached hydrogens (tertiary/aromatic N) is 3. The van der Waals surface area contributed by atoms with Crippen LogP contribution in [0.5, 0.6) is 5.75 Å². The van der Waals surface area contributed by atoms with Crippen molar-refractivity contribution in [3.63, 3.8) is 0 Å². The van der Waals surface area contributed by atoms with Gasteiger partial charge in [-0.05, 0) is 76.3 Å². The van der Waals surface area contributed by atoms with Crippen LogP contribution in [0.3, 0.4) is 0 Å². The van der Waals surface area contributed by atoms with Crippen molar-refractivity contribution in [1.82, 2.24) is 9.67 Å². The molecule has 3 aromatic carbocycles. The highest BCUT2D eigenvalue weighted by Gasteiger charge is 2.27. The average Bonchev–Trinajstić information content (AvgIpc) is 3.36. The molecule has 0 bridgehead atoms. The summed E-state index contributed by atoms with van der Waals surface area (Å²) in [5, 5.41) is 6.80. The lowest BCUT2D eigenvalue weighted by Crippen LogP contribution is -2.31. The first-order valence-corrected chi connectivity index (χ1v) is 18.0. The number of fused-ring (bicyclic) bond motifs is 5. The van der Waals surface area contributed by atoms with Crippen molar-refractivity contribution in [3.8, 4) is 5.75 Å². The van der Waals surface area contributed by atoms with Gasteiger partial charge >= 0.3 is 6.09 Å². The van der Waals surface area contributed by atoms with E-state index in [0.29, 0.717) is 17.9 Å². The maximum absolute atomic E-state index is 13.6. The van der Waals surface area contributed by atoms with Gasteiger partial charge < -0.3 is 14.0 Å². The molecule has 0 aliphatic carbocycles. The number of hydrogen-bond acceptors (Lipinski definition) is 7. The number of rotatable bonds is 7. The fourth-order valence-electron chi connectivity index (χ4n) is 6.00. The Morgan fingerprint density at radius 1 is 0.878 bits per heavy atom. The third-order valence-electron chi connectivity index (χ3n) is 7.93. The fourth-order valence-corrected chi connectivity index (χ4v) is 6.58. The number of hydrogen-bond donors (Lipinski definition) is 0. The highest BCUT2D eigenvalue weighted by atomic mass is 32.2. The molecule has 0 aliphatic rings. The van der Waals surface area contributed by atoms with Crippen LogP contribution in [0, 0.1) is 13.8 Å². The number of carbonyl (C=O) groups is 1. The molecule has 0 unspecified atom stereocenters. The van der Waals surface area contributed by atoms with Gasteiger partial charge in [-0.25, -0.2) is 17.8 Å². The van der Waals surface area contributed by atoms with Crippen LogP contribution in [-0.4, -0.2) is 34.3 Å². The van der Waals surface area contributed by atoms with Crippen molar-refractivity contribution in [2.24, 2.45) is 0 Å². The van der Waals surface area contributed by atoms with Crippen molar-refractivity contribution in [3.05, 3.63) is 119 Å². The van der Waals surface area contributed by atoms with E-state index in [1.165, 1.54) is 5.56 Å². The Bertz CT molecular complexity index is 2230. The van der Waals surface area contributed by atoms with Gasteiger partial charge in [-0.15, -0.1) is 0 Å². The topological polar surface area (TPSA) is 115 Å². The van der Waals surface area contributed by atoms with E-state index in [-0.39, 0.29) is 0 Å². The van der Waals surface area contributed by atoms with Crippen LogP contribution in [0.15, 0.2) is 85.1 Å². The van der Waals surface area contributed by atoms with Gasteiger partial charge in [-0.2, -0.15) is 0 Å². The average molecular weight is 682 g/mol. The first-order chi connectivity index (χ1) is 23.2. The highest BCUT2D eigenvalue weighted by molar-refractivity contribution is 7.84. The molecule has 6 aromatic rings. The molecule has 0 radical (unpaired) electrons. The summed E-state index contributed by atoms with van der Waals surface area (Å²) in [6.45, 7) is 14.1. The second-order valence-corrected chi connectivity index (χ2v) is 14.6. The van der Waals surface area contributed by atoms with Crippen LogP contribution in [0.25, 0.3) is 27.3 Å². The zero-order chi connectivity index (χ0) is 35.5. The first kappa shape index (κ1) is 35.5. The fraction of sp³-hybridized carbons (Fsp3) is 0.308. The Morgan fingerprint density at radius 2 is 1.57 bits per heavy atom. The predicted molar refractivity (Wildman–Crippen MR) is 191 cm³/mol. The number of benzene rings is 3. The van der Waals surface area contributed by atoms with Crippen LogP contribution in [0.1, 0.15) is 68.1 Å². The third kappa shape index (κ3) is 8.63. The summed E-state index contributed by atoms with van der Waals surface area (Å²) in [6.07, 6.45) is 3.26. The van der Waals surface area contributed by atoms with Gasteiger partial charge in [0.2, 0.25) is 6.20 Å². The largest absolute Gasteiger partial charge is 0.748 e. The lowest BCUT2D eigenvalue weighted by molar-refractivity contribution is -0.580. The van der Waals surface area contributed by atoms with Gasteiger partial charge in [-0.3, -0.25) is 0 Å². The summed E-state index contributed by atoms with van der Waals surface area (Å²) in [5.41, 5.74) is 7.59. The van der Waals surface area contributed by atoms with E-state index < -0.39 is 27.6 Å². The summed E-state index contributed by atoms with van der Waals surface area (Å²) in [7, 11) is -4.16. The van der Waals surface area contributed by atoms with E-state index in [0.717, 1.165) is 62.5 Å². The second kappa shape index (κ2) is 14.4. The molecule has 0 fully saturated rings. The predicted octanol–water partition coefficient (Wildman–Crippen LogP) is 7.76. The Balaban J connectivity index is 0.000000304. The molecule has 3 heterocycles. The van der Waals surface area contributed by atoms with Crippen LogP contribution < -0.4 is 9.25 Å². The number of aryl methyl sites for hydroxylation is 4. The Morgan fingerprint density at radius 3 is 2.18 bits per heavy atom. The van der Waals surface area contributed by atoms with Crippen molar-refractivity contribution < 1.29 is 31.8 Å². The molecule has 0 spiro atoms. The van der Waals surface area contributed by atoms with E-state index >= 15 is 0 Å². The van der Waals surface area contributed by atoms with Crippen LogP contribution in [0.2, 0.25) is 0 Å². The molecular formula is C39H43N3O6S. The molecule has 9 nitrogen and oxygen atoms in total. The standard InChI is InChI=1S/C30H32N3O3.C9H12O3S/c1-6-21-17-27-28-24(15-16-32(27)31-25(21)7-2)23-14-13-22(35-19-20-11-9-8-10-12-20)18-26(23)33(28)29(34)36-30(3,4)5;1-7-3-8(2)5-9(4-7)6-13(10,11)12/h8-18H,6-7,19H2,1-5H3;3-5H,6H2,1-2H3,(H,10,11,12)/q+1;/p-1. The maximum Gasteiger partial charge on any atom is 0.419 e. The Hall–Kier alpha value is -4.80. The molecule has 3 aromatic heterocycles. The minimum absolute atomic E-state index is 0.421. The smallest absolute Gasteiger partial charge is 0.419 e. The number of ether oxygens (including phenoxy) is 2. The van der Waals surface area contributed by atoms with E-state index in [4.69, 9.17) is 14.6 Å². The minimum atomic E-state index is -4.16. The molecule has 0 atom stereocenters. The van der Waals surface area contributed by atoms with Gasteiger partial charge in [0, 0.05) is 34.1 Å². The molecule has 0 amide bonds. The van der Waals surface area contributed by atoms with Crippen molar-refractivity contribution in [1.29, 1.82) is 0 Å². The molecule has 10 heteroatoms. The summed E-state index contributed by atoms with van der Waals surface area (Å²) < 4.78 is 46.9. The quantitative estimate of drug-likeness (QED) is 0.125. The van der Waals surface area contributed by atoms with Crippen LogP contribution in [0.4, 0.5) is 4.79 Å². The van der Waals surface area contributed by atoms with Gasteiger partial charge in [-0.1, -0.05) is 78.0 Å². The number of pyridine rings is 1. The van der Waals surface area contributed by atoms with E-state index in [1.807, 2.05) is 106 Å². The molecule has 0 aliphatic heterocycles. The maximum atomic E-state index is 13.6. The minimum Gasteiger partial charge on any atom is -0.748 e. The van der Waals surface area contributed by atoms with Crippen molar-refractivity contribution in [2.45, 2.75) is 79.3 Å². The molecule has 6 rings (SSSR count). The molecular weight excluding hydrogens is 639 g/mol. The first-order valence-electron chi connectivity index (χ1n) is 16.4. The van der Waals surface area contributed by atoms with E-state index in [1.54, 1.807) is 16.7 Å². The second-order valence-electron chi connectivity index (χ2n) is 13.2. The van der Waals surface area contributed by atoms with Gasteiger partial charge in [0.25, 0.3) is 5.52 Å².